The number of hydrogen-bond donors (Lipinski definition) is 0. The lowest BCUT2D eigenvalue weighted by atomic mass is 9.96. The largest absolute Gasteiger partial charge is 0.493 e. The van der Waals surface area contributed by atoms with Gasteiger partial charge in [-0.15, -0.1) is 0 Å². The summed E-state index contributed by atoms with van der Waals surface area (Å²) in [5, 5.41) is 0. The fourth-order valence-electron chi connectivity index (χ4n) is 2.34. The Hall–Kier alpha value is -2.09. The van der Waals surface area contributed by atoms with Crippen LogP contribution >= 0.6 is 0 Å². The van der Waals surface area contributed by atoms with Gasteiger partial charge in [0.2, 0.25) is 0 Å². The number of benzene rings is 2. The molecular weight excluding hydrogens is 236 g/mol. The summed E-state index contributed by atoms with van der Waals surface area (Å²) in [7, 11) is 0. The molecule has 0 aromatic heterocycles. The molecule has 0 N–H and O–H groups in total. The Morgan fingerprint density at radius 2 is 1.74 bits per heavy atom. The maximum Gasteiger partial charge on any atom is 0.150 e. The SMILES string of the molecule is CCOc1c(C)cc(-c2ccccc2C=O)cc1C. The summed E-state index contributed by atoms with van der Waals surface area (Å²) < 4.78 is 5.65. The highest BCUT2D eigenvalue weighted by Gasteiger charge is 2.09. The molecule has 0 fully saturated rings. The van der Waals surface area contributed by atoms with Crippen LogP contribution in [0.3, 0.4) is 0 Å². The number of rotatable bonds is 4. The third kappa shape index (κ3) is 2.68. The van der Waals surface area contributed by atoms with E-state index in [4.69, 9.17) is 4.74 Å². The Kier molecular flexibility index (Phi) is 4.00. The summed E-state index contributed by atoms with van der Waals surface area (Å²) in [5.74, 6) is 0.940. The predicted molar refractivity (Wildman–Crippen MR) is 77.9 cm³/mol. The monoisotopic (exact) mass is 254 g/mol. The highest BCUT2D eigenvalue weighted by atomic mass is 16.5. The minimum atomic E-state index is 0.659. The van der Waals surface area contributed by atoms with Gasteiger partial charge >= 0.3 is 0 Å². The van der Waals surface area contributed by atoms with E-state index < -0.39 is 0 Å². The molecular formula is C17H18O2. The average molecular weight is 254 g/mol. The third-order valence-electron chi connectivity index (χ3n) is 3.15. The minimum absolute atomic E-state index is 0.659. The van der Waals surface area contributed by atoms with E-state index in [9.17, 15) is 4.79 Å². The van der Waals surface area contributed by atoms with Crippen LogP contribution < -0.4 is 4.74 Å². The highest BCUT2D eigenvalue weighted by Crippen LogP contribution is 2.31. The molecule has 0 aliphatic carbocycles. The molecule has 0 radical (unpaired) electrons. The molecule has 2 heteroatoms. The summed E-state index contributed by atoms with van der Waals surface area (Å²) in [6.45, 7) is 6.70. The van der Waals surface area contributed by atoms with Crippen LogP contribution in [0.2, 0.25) is 0 Å². The van der Waals surface area contributed by atoms with Gasteiger partial charge in [0, 0.05) is 5.56 Å². The first-order chi connectivity index (χ1) is 9.17. The van der Waals surface area contributed by atoms with Crippen molar-refractivity contribution in [2.24, 2.45) is 0 Å². The number of carbonyl (C=O) groups is 1. The first kappa shape index (κ1) is 13.3. The van der Waals surface area contributed by atoms with Crippen LogP contribution in [0.1, 0.15) is 28.4 Å². The molecule has 0 saturated carbocycles. The van der Waals surface area contributed by atoms with E-state index in [-0.39, 0.29) is 0 Å². The van der Waals surface area contributed by atoms with E-state index >= 15 is 0 Å². The Bertz CT molecular complexity index is 577. The van der Waals surface area contributed by atoms with Gasteiger partial charge in [-0.25, -0.2) is 0 Å². The van der Waals surface area contributed by atoms with Crippen LogP contribution in [0.25, 0.3) is 11.1 Å². The van der Waals surface area contributed by atoms with Gasteiger partial charge in [-0.2, -0.15) is 0 Å². The lowest BCUT2D eigenvalue weighted by molar-refractivity contribution is 0.112. The molecule has 2 rings (SSSR count). The van der Waals surface area contributed by atoms with E-state index in [1.807, 2.05) is 45.0 Å². The molecule has 0 saturated heterocycles. The predicted octanol–water partition coefficient (Wildman–Crippen LogP) is 4.18. The zero-order valence-corrected chi connectivity index (χ0v) is 11.6. The molecule has 98 valence electrons. The summed E-state index contributed by atoms with van der Waals surface area (Å²) in [6, 6.07) is 11.8. The van der Waals surface area contributed by atoms with Gasteiger partial charge < -0.3 is 4.74 Å². The number of hydrogen-bond acceptors (Lipinski definition) is 2. The Balaban J connectivity index is 2.55. The molecule has 0 amide bonds. The fourth-order valence-corrected chi connectivity index (χ4v) is 2.34. The topological polar surface area (TPSA) is 26.3 Å². The normalized spacial score (nSPS) is 10.3. The van der Waals surface area contributed by atoms with Crippen molar-refractivity contribution in [2.75, 3.05) is 6.61 Å². The highest BCUT2D eigenvalue weighted by molar-refractivity contribution is 5.88. The number of ether oxygens (including phenoxy) is 1. The Labute approximate surface area is 114 Å². The van der Waals surface area contributed by atoms with Gasteiger partial charge in [-0.3, -0.25) is 4.79 Å². The van der Waals surface area contributed by atoms with Crippen LogP contribution in [-0.2, 0) is 0 Å². The van der Waals surface area contributed by atoms with Gasteiger partial charge in [-0.1, -0.05) is 24.3 Å². The van der Waals surface area contributed by atoms with Crippen LogP contribution in [0.5, 0.6) is 5.75 Å². The average Bonchev–Trinajstić information content (AvgIpc) is 2.42. The van der Waals surface area contributed by atoms with Crippen LogP contribution in [0.15, 0.2) is 36.4 Å². The second-order valence-corrected chi connectivity index (χ2v) is 4.58. The summed E-state index contributed by atoms with van der Waals surface area (Å²) in [4.78, 5) is 11.1. The maximum atomic E-state index is 11.1. The minimum Gasteiger partial charge on any atom is -0.493 e. The van der Waals surface area contributed by atoms with E-state index in [0.717, 1.165) is 34.3 Å². The number of aldehydes is 1. The molecule has 0 spiro atoms. The van der Waals surface area contributed by atoms with E-state index in [1.54, 1.807) is 0 Å². The van der Waals surface area contributed by atoms with Crippen molar-refractivity contribution in [3.8, 4) is 16.9 Å². The van der Waals surface area contributed by atoms with E-state index in [2.05, 4.69) is 12.1 Å². The van der Waals surface area contributed by atoms with Gasteiger partial charge in [-0.05, 0) is 55.2 Å². The van der Waals surface area contributed by atoms with Crippen LogP contribution in [0, 0.1) is 13.8 Å². The molecule has 2 aromatic carbocycles. The number of carbonyl (C=O) groups excluding carboxylic acids is 1. The molecule has 2 nitrogen and oxygen atoms in total. The smallest absolute Gasteiger partial charge is 0.150 e. The Morgan fingerprint density at radius 3 is 2.32 bits per heavy atom. The summed E-state index contributed by atoms with van der Waals surface area (Å²) in [5.41, 5.74) is 4.92. The lowest BCUT2D eigenvalue weighted by Gasteiger charge is -2.14. The van der Waals surface area contributed by atoms with E-state index in [1.165, 1.54) is 0 Å². The molecule has 0 unspecified atom stereocenters. The van der Waals surface area contributed by atoms with Crippen molar-refractivity contribution in [3.05, 3.63) is 53.1 Å². The molecule has 0 heterocycles. The second-order valence-electron chi connectivity index (χ2n) is 4.58. The molecule has 2 aromatic rings. The van der Waals surface area contributed by atoms with Crippen molar-refractivity contribution >= 4 is 6.29 Å². The molecule has 19 heavy (non-hydrogen) atoms. The first-order valence-electron chi connectivity index (χ1n) is 6.46. The molecule has 0 aliphatic rings. The van der Waals surface area contributed by atoms with Crippen molar-refractivity contribution < 1.29 is 9.53 Å². The maximum absolute atomic E-state index is 11.1. The van der Waals surface area contributed by atoms with Crippen molar-refractivity contribution in [2.45, 2.75) is 20.8 Å². The van der Waals surface area contributed by atoms with Gasteiger partial charge in [0.25, 0.3) is 0 Å². The number of aryl methyl sites for hydroxylation is 2. The van der Waals surface area contributed by atoms with Gasteiger partial charge in [0.15, 0.2) is 6.29 Å². The van der Waals surface area contributed by atoms with E-state index in [0.29, 0.717) is 12.2 Å². The lowest BCUT2D eigenvalue weighted by Crippen LogP contribution is -1.98. The van der Waals surface area contributed by atoms with Gasteiger partial charge in [0.05, 0.1) is 6.61 Å². The van der Waals surface area contributed by atoms with Crippen molar-refractivity contribution in [3.63, 3.8) is 0 Å². The zero-order chi connectivity index (χ0) is 13.8. The van der Waals surface area contributed by atoms with Crippen molar-refractivity contribution in [1.29, 1.82) is 0 Å². The fraction of sp³-hybridized carbons (Fsp3) is 0.235. The van der Waals surface area contributed by atoms with Crippen molar-refractivity contribution in [1.82, 2.24) is 0 Å². The summed E-state index contributed by atoms with van der Waals surface area (Å²) in [6.07, 6.45) is 0.899. The van der Waals surface area contributed by atoms with Gasteiger partial charge in [0.1, 0.15) is 5.75 Å². The van der Waals surface area contributed by atoms with Crippen LogP contribution in [0.4, 0.5) is 0 Å². The summed E-state index contributed by atoms with van der Waals surface area (Å²) >= 11 is 0. The standard InChI is InChI=1S/C17H18O2/c1-4-19-17-12(2)9-15(10-13(17)3)16-8-6-5-7-14(16)11-18/h5-11H,4H2,1-3H3. The second kappa shape index (κ2) is 5.70. The first-order valence-corrected chi connectivity index (χ1v) is 6.46. The third-order valence-corrected chi connectivity index (χ3v) is 3.15. The molecule has 0 atom stereocenters. The zero-order valence-electron chi connectivity index (χ0n) is 11.6. The molecule has 0 bridgehead atoms. The quantitative estimate of drug-likeness (QED) is 0.765. The Morgan fingerprint density at radius 1 is 1.11 bits per heavy atom. The van der Waals surface area contributed by atoms with Crippen LogP contribution in [-0.4, -0.2) is 12.9 Å². The molecule has 0 aliphatic heterocycles.